The first-order chi connectivity index (χ1) is 5.92. The smallest absolute Gasteiger partial charge is 0.256 e. The van der Waals surface area contributed by atoms with E-state index >= 15 is 0 Å². The van der Waals surface area contributed by atoms with Gasteiger partial charge >= 0.3 is 0 Å². The third kappa shape index (κ3) is 3.00. The maximum Gasteiger partial charge on any atom is 0.256 e. The molecule has 1 unspecified atom stereocenters. The van der Waals surface area contributed by atoms with Crippen molar-refractivity contribution in [3.8, 4) is 0 Å². The molecule has 1 heterocycles. The standard InChI is InChI=1S/C8H10BrF2NS/c1-8(12,7(10)11)3-5-2-6(9)13-4-5/h2,4,7H,3,12H2,1H3. The number of nitrogens with two attached hydrogens (primary N) is 1. The molecule has 0 spiro atoms. The SMILES string of the molecule is CC(N)(Cc1csc(Br)c1)C(F)F. The molecule has 0 aromatic carbocycles. The average molecular weight is 270 g/mol. The van der Waals surface area contributed by atoms with E-state index in [-0.39, 0.29) is 6.42 Å². The summed E-state index contributed by atoms with van der Waals surface area (Å²) in [6, 6.07) is 1.82. The first kappa shape index (κ1) is 11.1. The van der Waals surface area contributed by atoms with Gasteiger partial charge in [0.25, 0.3) is 6.43 Å². The van der Waals surface area contributed by atoms with E-state index in [0.29, 0.717) is 0 Å². The Balaban J connectivity index is 2.68. The van der Waals surface area contributed by atoms with Crippen LogP contribution in [0, 0.1) is 0 Å². The molecular weight excluding hydrogens is 260 g/mol. The fourth-order valence-electron chi connectivity index (χ4n) is 0.955. The van der Waals surface area contributed by atoms with Gasteiger partial charge in [-0.25, -0.2) is 8.78 Å². The van der Waals surface area contributed by atoms with Crippen LogP contribution in [0.4, 0.5) is 8.78 Å². The summed E-state index contributed by atoms with van der Waals surface area (Å²) in [6.45, 7) is 1.36. The van der Waals surface area contributed by atoms with Crippen LogP contribution in [0.5, 0.6) is 0 Å². The lowest BCUT2D eigenvalue weighted by atomic mass is 9.96. The minimum atomic E-state index is -2.49. The molecule has 2 N–H and O–H groups in total. The Labute approximate surface area is 88.1 Å². The van der Waals surface area contributed by atoms with Crippen molar-refractivity contribution in [2.45, 2.75) is 25.3 Å². The van der Waals surface area contributed by atoms with E-state index in [1.807, 2.05) is 11.4 Å². The van der Waals surface area contributed by atoms with E-state index in [1.54, 1.807) is 0 Å². The first-order valence-corrected chi connectivity index (χ1v) is 5.39. The Hall–Kier alpha value is -0.000000000000000111. The Morgan fingerprint density at radius 2 is 2.31 bits per heavy atom. The minimum absolute atomic E-state index is 0.201. The molecule has 0 aliphatic rings. The number of rotatable bonds is 3. The largest absolute Gasteiger partial charge is 0.320 e. The van der Waals surface area contributed by atoms with Crippen LogP contribution in [0.25, 0.3) is 0 Å². The van der Waals surface area contributed by atoms with Crippen molar-refractivity contribution >= 4 is 27.3 Å². The van der Waals surface area contributed by atoms with Crippen LogP contribution < -0.4 is 5.73 Å². The molecule has 0 saturated heterocycles. The van der Waals surface area contributed by atoms with Crippen molar-refractivity contribution in [2.24, 2.45) is 5.73 Å². The van der Waals surface area contributed by atoms with Crippen LogP contribution in [-0.4, -0.2) is 12.0 Å². The summed E-state index contributed by atoms with van der Waals surface area (Å²) in [5.74, 6) is 0. The lowest BCUT2D eigenvalue weighted by Gasteiger charge is -2.22. The van der Waals surface area contributed by atoms with Gasteiger partial charge < -0.3 is 5.73 Å². The van der Waals surface area contributed by atoms with E-state index in [2.05, 4.69) is 15.9 Å². The molecule has 0 bridgehead atoms. The molecule has 0 radical (unpaired) electrons. The van der Waals surface area contributed by atoms with Crippen LogP contribution >= 0.6 is 27.3 Å². The van der Waals surface area contributed by atoms with Gasteiger partial charge in [0.2, 0.25) is 0 Å². The molecule has 1 atom stereocenters. The number of hydrogen-bond donors (Lipinski definition) is 1. The molecule has 0 amide bonds. The molecule has 0 saturated carbocycles. The average Bonchev–Trinajstić information content (AvgIpc) is 2.34. The maximum absolute atomic E-state index is 12.4. The van der Waals surface area contributed by atoms with E-state index in [4.69, 9.17) is 5.73 Å². The van der Waals surface area contributed by atoms with Crippen molar-refractivity contribution < 1.29 is 8.78 Å². The van der Waals surface area contributed by atoms with E-state index in [1.165, 1.54) is 18.3 Å². The molecule has 1 aromatic rings. The Bertz CT molecular complexity index is 285. The predicted octanol–water partition coefficient (Wildman–Crippen LogP) is 3.04. The van der Waals surface area contributed by atoms with Gasteiger partial charge in [-0.1, -0.05) is 0 Å². The van der Waals surface area contributed by atoms with Crippen molar-refractivity contribution in [3.63, 3.8) is 0 Å². The first-order valence-electron chi connectivity index (χ1n) is 3.72. The molecule has 1 nitrogen and oxygen atoms in total. The third-order valence-corrected chi connectivity index (χ3v) is 3.26. The van der Waals surface area contributed by atoms with Crippen molar-refractivity contribution in [2.75, 3.05) is 0 Å². The Morgan fingerprint density at radius 1 is 1.69 bits per heavy atom. The highest BCUT2D eigenvalue weighted by atomic mass is 79.9. The molecule has 13 heavy (non-hydrogen) atoms. The lowest BCUT2D eigenvalue weighted by Crippen LogP contribution is -2.45. The molecule has 1 rings (SSSR count). The second kappa shape index (κ2) is 4.02. The zero-order chi connectivity index (χ0) is 10.1. The van der Waals surface area contributed by atoms with Gasteiger partial charge in [0.05, 0.1) is 9.33 Å². The highest BCUT2D eigenvalue weighted by Gasteiger charge is 2.30. The Kier molecular flexibility index (Phi) is 3.43. The summed E-state index contributed by atoms with van der Waals surface area (Å²) in [6.07, 6.45) is -2.29. The zero-order valence-electron chi connectivity index (χ0n) is 7.06. The summed E-state index contributed by atoms with van der Waals surface area (Å²) in [5, 5.41) is 1.83. The molecule has 0 aliphatic heterocycles. The lowest BCUT2D eigenvalue weighted by molar-refractivity contribution is 0.0640. The molecule has 0 fully saturated rings. The second-order valence-electron chi connectivity index (χ2n) is 3.24. The van der Waals surface area contributed by atoms with Crippen molar-refractivity contribution in [3.05, 3.63) is 20.8 Å². The van der Waals surface area contributed by atoms with E-state index in [9.17, 15) is 8.78 Å². The number of halogens is 3. The zero-order valence-corrected chi connectivity index (χ0v) is 9.46. The van der Waals surface area contributed by atoms with Gasteiger partial charge in [0.1, 0.15) is 0 Å². The molecule has 1 aromatic heterocycles. The fraction of sp³-hybridized carbons (Fsp3) is 0.500. The fourth-order valence-corrected chi connectivity index (χ4v) is 2.16. The van der Waals surface area contributed by atoms with E-state index < -0.39 is 12.0 Å². The number of thiophene rings is 1. The van der Waals surface area contributed by atoms with Crippen LogP contribution in [0.2, 0.25) is 0 Å². The van der Waals surface area contributed by atoms with Crippen LogP contribution in [0.3, 0.4) is 0 Å². The summed E-state index contributed by atoms with van der Waals surface area (Å²) >= 11 is 4.74. The van der Waals surface area contributed by atoms with Crippen molar-refractivity contribution in [1.29, 1.82) is 0 Å². The van der Waals surface area contributed by atoms with Gasteiger partial charge in [-0.3, -0.25) is 0 Å². The maximum atomic E-state index is 12.4. The highest BCUT2D eigenvalue weighted by Crippen LogP contribution is 2.25. The molecule has 0 aliphatic carbocycles. The summed E-state index contributed by atoms with van der Waals surface area (Å²) in [4.78, 5) is 0. The predicted molar refractivity (Wildman–Crippen MR) is 54.3 cm³/mol. The minimum Gasteiger partial charge on any atom is -0.320 e. The van der Waals surface area contributed by atoms with Crippen LogP contribution in [-0.2, 0) is 6.42 Å². The third-order valence-electron chi connectivity index (χ3n) is 1.71. The second-order valence-corrected chi connectivity index (χ2v) is 5.53. The molecular formula is C8H10BrF2NS. The van der Waals surface area contributed by atoms with Crippen LogP contribution in [0.15, 0.2) is 15.2 Å². The van der Waals surface area contributed by atoms with E-state index in [0.717, 1.165) is 9.35 Å². The summed E-state index contributed by atoms with van der Waals surface area (Å²) < 4.78 is 25.7. The number of hydrogen-bond acceptors (Lipinski definition) is 2. The van der Waals surface area contributed by atoms with Gasteiger partial charge in [-0.2, -0.15) is 0 Å². The van der Waals surface area contributed by atoms with Gasteiger partial charge in [0.15, 0.2) is 0 Å². The Morgan fingerprint density at radius 3 is 2.69 bits per heavy atom. The monoisotopic (exact) mass is 269 g/mol. The summed E-state index contributed by atoms with van der Waals surface area (Å²) in [5.41, 5.74) is 4.86. The topological polar surface area (TPSA) is 26.0 Å². The highest BCUT2D eigenvalue weighted by molar-refractivity contribution is 9.11. The van der Waals surface area contributed by atoms with Gasteiger partial charge in [0, 0.05) is 0 Å². The molecule has 74 valence electrons. The van der Waals surface area contributed by atoms with Gasteiger partial charge in [-0.05, 0) is 46.3 Å². The molecule has 5 heteroatoms. The summed E-state index contributed by atoms with van der Waals surface area (Å²) in [7, 11) is 0. The van der Waals surface area contributed by atoms with Crippen LogP contribution in [0.1, 0.15) is 12.5 Å². The van der Waals surface area contributed by atoms with Crippen molar-refractivity contribution in [1.82, 2.24) is 0 Å². The van der Waals surface area contributed by atoms with Gasteiger partial charge in [-0.15, -0.1) is 11.3 Å². The number of alkyl halides is 2. The normalized spacial score (nSPS) is 16.2. The quantitative estimate of drug-likeness (QED) is 0.897.